The molecule has 0 atom stereocenters. The maximum absolute atomic E-state index is 12.7. The average Bonchev–Trinajstić information content (AvgIpc) is 3.14. The third-order valence-electron chi connectivity index (χ3n) is 4.44. The van der Waals surface area contributed by atoms with E-state index < -0.39 is 0 Å². The van der Waals surface area contributed by atoms with Gasteiger partial charge >= 0.3 is 0 Å². The lowest BCUT2D eigenvalue weighted by Gasteiger charge is -2.25. The molecule has 3 aromatic rings. The summed E-state index contributed by atoms with van der Waals surface area (Å²) in [5.74, 6) is 1.49. The second-order valence-corrected chi connectivity index (χ2v) is 7.05. The zero-order chi connectivity index (χ0) is 20.1. The number of para-hydroxylation sites is 1. The normalized spacial score (nSPS) is 10.9. The lowest BCUT2D eigenvalue weighted by atomic mass is 10.1. The molecule has 1 heterocycles. The lowest BCUT2D eigenvalue weighted by molar-refractivity contribution is -0.136. The van der Waals surface area contributed by atoms with Gasteiger partial charge < -0.3 is 14.2 Å². The van der Waals surface area contributed by atoms with E-state index in [1.54, 1.807) is 4.90 Å². The summed E-state index contributed by atoms with van der Waals surface area (Å²) in [6, 6.07) is 15.5. The van der Waals surface area contributed by atoms with E-state index >= 15 is 0 Å². The number of nitrogens with zero attached hydrogens (tertiary/aromatic N) is 3. The van der Waals surface area contributed by atoms with Gasteiger partial charge in [-0.25, -0.2) is 0 Å². The lowest BCUT2D eigenvalue weighted by Crippen LogP contribution is -2.39. The standard InChI is InChI=1S/C22H25N3O3/c1-15(2)25(21(26)14-27-19-11-6-5-9-17(19)4)13-20-23-22(24-28-20)18-10-7-8-16(3)12-18/h5-12,15H,13-14H2,1-4H3. The minimum atomic E-state index is -0.131. The van der Waals surface area contributed by atoms with Crippen LogP contribution in [0.4, 0.5) is 0 Å². The molecule has 1 amide bonds. The van der Waals surface area contributed by atoms with E-state index in [-0.39, 0.29) is 25.1 Å². The maximum Gasteiger partial charge on any atom is 0.261 e. The number of carbonyl (C=O) groups excluding carboxylic acids is 1. The monoisotopic (exact) mass is 379 g/mol. The molecule has 0 unspecified atom stereocenters. The highest BCUT2D eigenvalue weighted by Gasteiger charge is 2.21. The van der Waals surface area contributed by atoms with Crippen LogP contribution in [-0.2, 0) is 11.3 Å². The Bertz CT molecular complexity index is 949. The molecule has 0 aliphatic heterocycles. The molecule has 28 heavy (non-hydrogen) atoms. The summed E-state index contributed by atoms with van der Waals surface area (Å²) in [5, 5.41) is 4.05. The van der Waals surface area contributed by atoms with Crippen molar-refractivity contribution in [2.75, 3.05) is 6.61 Å². The zero-order valence-electron chi connectivity index (χ0n) is 16.7. The number of ether oxygens (including phenoxy) is 1. The molecule has 0 aliphatic rings. The van der Waals surface area contributed by atoms with Crippen molar-refractivity contribution in [2.24, 2.45) is 0 Å². The van der Waals surface area contributed by atoms with Crippen LogP contribution in [0, 0.1) is 13.8 Å². The molecule has 0 saturated heterocycles. The molecule has 3 rings (SSSR count). The van der Waals surface area contributed by atoms with Gasteiger partial charge in [-0.2, -0.15) is 4.98 Å². The molecule has 6 heteroatoms. The molecule has 1 aromatic heterocycles. The molecule has 0 spiro atoms. The molecule has 6 nitrogen and oxygen atoms in total. The summed E-state index contributed by atoms with van der Waals surface area (Å²) in [6.07, 6.45) is 0. The van der Waals surface area contributed by atoms with Crippen LogP contribution in [0.15, 0.2) is 53.1 Å². The number of hydrogen-bond acceptors (Lipinski definition) is 5. The number of aryl methyl sites for hydroxylation is 2. The second-order valence-electron chi connectivity index (χ2n) is 7.05. The predicted molar refractivity (Wildman–Crippen MR) is 107 cm³/mol. The fourth-order valence-electron chi connectivity index (χ4n) is 2.87. The Balaban J connectivity index is 1.68. The number of carbonyl (C=O) groups is 1. The Hall–Kier alpha value is -3.15. The van der Waals surface area contributed by atoms with Gasteiger partial charge in [0.1, 0.15) is 12.3 Å². The van der Waals surface area contributed by atoms with E-state index in [1.807, 2.05) is 76.2 Å². The van der Waals surface area contributed by atoms with Gasteiger partial charge in [0.2, 0.25) is 11.7 Å². The Morgan fingerprint density at radius 2 is 1.93 bits per heavy atom. The molecule has 146 valence electrons. The topological polar surface area (TPSA) is 68.5 Å². The van der Waals surface area contributed by atoms with Crippen molar-refractivity contribution in [2.45, 2.75) is 40.3 Å². The summed E-state index contributed by atoms with van der Waals surface area (Å²) >= 11 is 0. The minimum absolute atomic E-state index is 0.0257. The van der Waals surface area contributed by atoms with Gasteiger partial charge in [0.15, 0.2) is 6.61 Å². The molecule has 0 radical (unpaired) electrons. The summed E-state index contributed by atoms with van der Waals surface area (Å²) in [7, 11) is 0. The van der Waals surface area contributed by atoms with Crippen LogP contribution in [0.1, 0.15) is 30.9 Å². The van der Waals surface area contributed by atoms with Crippen molar-refractivity contribution in [3.63, 3.8) is 0 Å². The number of hydrogen-bond donors (Lipinski definition) is 0. The highest BCUT2D eigenvalue weighted by molar-refractivity contribution is 5.78. The first-order valence-electron chi connectivity index (χ1n) is 9.31. The van der Waals surface area contributed by atoms with Crippen LogP contribution in [0.25, 0.3) is 11.4 Å². The van der Waals surface area contributed by atoms with E-state index in [9.17, 15) is 4.79 Å². The first-order chi connectivity index (χ1) is 13.4. The second kappa shape index (κ2) is 8.69. The van der Waals surface area contributed by atoms with Gasteiger partial charge in [-0.3, -0.25) is 4.79 Å². The number of amides is 1. The quantitative estimate of drug-likeness (QED) is 0.616. The first-order valence-corrected chi connectivity index (χ1v) is 9.31. The van der Waals surface area contributed by atoms with Crippen LogP contribution in [-0.4, -0.2) is 33.6 Å². The Labute approximate surface area is 165 Å². The molecule has 0 bridgehead atoms. The summed E-state index contributed by atoms with van der Waals surface area (Å²) < 4.78 is 11.1. The van der Waals surface area contributed by atoms with Crippen LogP contribution in [0.2, 0.25) is 0 Å². The van der Waals surface area contributed by atoms with Crippen LogP contribution < -0.4 is 4.74 Å². The van der Waals surface area contributed by atoms with E-state index in [0.29, 0.717) is 17.5 Å². The fraction of sp³-hybridized carbons (Fsp3) is 0.318. The Morgan fingerprint density at radius 3 is 2.64 bits per heavy atom. The molecule has 0 aliphatic carbocycles. The SMILES string of the molecule is Cc1cccc(-c2noc(CN(C(=O)COc3ccccc3C)C(C)C)n2)c1. The van der Waals surface area contributed by atoms with Gasteiger partial charge in [0, 0.05) is 11.6 Å². The smallest absolute Gasteiger partial charge is 0.261 e. The predicted octanol–water partition coefficient (Wildman–Crippen LogP) is 4.17. The summed E-state index contributed by atoms with van der Waals surface area (Å²) in [6.45, 7) is 8.06. The molecular weight excluding hydrogens is 354 g/mol. The fourth-order valence-corrected chi connectivity index (χ4v) is 2.87. The van der Waals surface area contributed by atoms with Crippen LogP contribution >= 0.6 is 0 Å². The largest absolute Gasteiger partial charge is 0.484 e. The van der Waals surface area contributed by atoms with Crippen molar-refractivity contribution >= 4 is 5.91 Å². The Kier molecular flexibility index (Phi) is 6.09. The number of aromatic nitrogens is 2. The molecule has 0 fully saturated rings. The first kappa shape index (κ1) is 19.6. The van der Waals surface area contributed by atoms with Crippen molar-refractivity contribution in [1.29, 1.82) is 0 Å². The van der Waals surface area contributed by atoms with Gasteiger partial charge in [-0.15, -0.1) is 0 Å². The van der Waals surface area contributed by atoms with Gasteiger partial charge in [0.05, 0.1) is 0 Å². The molecular formula is C22H25N3O3. The third kappa shape index (κ3) is 4.76. The molecule has 0 saturated carbocycles. The van der Waals surface area contributed by atoms with Crippen molar-refractivity contribution in [3.05, 3.63) is 65.5 Å². The summed E-state index contributed by atoms with van der Waals surface area (Å²) in [5.41, 5.74) is 3.00. The van der Waals surface area contributed by atoms with Crippen molar-refractivity contribution in [3.8, 4) is 17.1 Å². The molecule has 0 N–H and O–H groups in total. The third-order valence-corrected chi connectivity index (χ3v) is 4.44. The highest BCUT2D eigenvalue weighted by atomic mass is 16.5. The highest BCUT2D eigenvalue weighted by Crippen LogP contribution is 2.19. The zero-order valence-corrected chi connectivity index (χ0v) is 16.7. The van der Waals surface area contributed by atoms with Crippen molar-refractivity contribution in [1.82, 2.24) is 15.0 Å². The van der Waals surface area contributed by atoms with Crippen LogP contribution in [0.3, 0.4) is 0 Å². The van der Waals surface area contributed by atoms with E-state index in [0.717, 1.165) is 16.7 Å². The number of rotatable bonds is 7. The summed E-state index contributed by atoms with van der Waals surface area (Å²) in [4.78, 5) is 18.8. The Morgan fingerprint density at radius 1 is 1.14 bits per heavy atom. The van der Waals surface area contributed by atoms with E-state index in [1.165, 1.54) is 0 Å². The van der Waals surface area contributed by atoms with Gasteiger partial charge in [-0.1, -0.05) is 47.1 Å². The average molecular weight is 379 g/mol. The van der Waals surface area contributed by atoms with Crippen molar-refractivity contribution < 1.29 is 14.1 Å². The maximum atomic E-state index is 12.7. The minimum Gasteiger partial charge on any atom is -0.484 e. The molecule has 2 aromatic carbocycles. The number of benzene rings is 2. The van der Waals surface area contributed by atoms with Crippen LogP contribution in [0.5, 0.6) is 5.75 Å². The van der Waals surface area contributed by atoms with E-state index in [4.69, 9.17) is 9.26 Å². The van der Waals surface area contributed by atoms with Gasteiger partial charge in [-0.05, 0) is 45.4 Å². The van der Waals surface area contributed by atoms with Gasteiger partial charge in [0.25, 0.3) is 5.91 Å². The van der Waals surface area contributed by atoms with E-state index in [2.05, 4.69) is 10.1 Å².